The van der Waals surface area contributed by atoms with Crippen LogP contribution in [0, 0.1) is 6.92 Å². The van der Waals surface area contributed by atoms with E-state index in [1.54, 1.807) is 14.2 Å². The van der Waals surface area contributed by atoms with Crippen molar-refractivity contribution in [2.45, 2.75) is 6.92 Å². The van der Waals surface area contributed by atoms with Gasteiger partial charge in [0.2, 0.25) is 5.91 Å². The number of anilines is 1. The minimum absolute atomic E-state index is 0.0735. The Labute approximate surface area is 107 Å². The van der Waals surface area contributed by atoms with Crippen LogP contribution in [0.15, 0.2) is 18.2 Å². The van der Waals surface area contributed by atoms with Crippen LogP contribution in [0.4, 0.5) is 5.69 Å². The average Bonchev–Trinajstić information content (AvgIpc) is 2.35. The largest absolute Gasteiger partial charge is 0.496 e. The van der Waals surface area contributed by atoms with Crippen LogP contribution in [0.25, 0.3) is 0 Å². The van der Waals surface area contributed by atoms with Crippen molar-refractivity contribution in [3.8, 4) is 5.75 Å². The van der Waals surface area contributed by atoms with Gasteiger partial charge >= 0.3 is 0 Å². The molecule has 100 valence electrons. The highest BCUT2D eigenvalue weighted by Crippen LogP contribution is 2.21. The van der Waals surface area contributed by atoms with Crippen LogP contribution in [-0.4, -0.2) is 39.8 Å². The smallest absolute Gasteiger partial charge is 0.238 e. The van der Waals surface area contributed by atoms with Crippen molar-refractivity contribution in [2.75, 3.05) is 39.2 Å². The van der Waals surface area contributed by atoms with Gasteiger partial charge in [0.05, 0.1) is 20.3 Å². The van der Waals surface area contributed by atoms with Crippen LogP contribution in [-0.2, 0) is 9.53 Å². The molecule has 0 aliphatic heterocycles. The number of methoxy groups -OCH3 is 2. The molecular weight excluding hydrogens is 232 g/mol. The number of carbonyl (C=O) groups excluding carboxylic acids is 1. The molecule has 2 N–H and O–H groups in total. The van der Waals surface area contributed by atoms with E-state index in [0.29, 0.717) is 13.2 Å². The van der Waals surface area contributed by atoms with E-state index in [4.69, 9.17) is 9.47 Å². The molecule has 0 unspecified atom stereocenters. The van der Waals surface area contributed by atoms with Gasteiger partial charge in [0, 0.05) is 19.3 Å². The summed E-state index contributed by atoms with van der Waals surface area (Å²) in [6.07, 6.45) is 0. The van der Waals surface area contributed by atoms with Crippen LogP contribution in [0.3, 0.4) is 0 Å². The van der Waals surface area contributed by atoms with Crippen molar-refractivity contribution >= 4 is 11.6 Å². The van der Waals surface area contributed by atoms with Crippen LogP contribution >= 0.6 is 0 Å². The van der Waals surface area contributed by atoms with E-state index in [0.717, 1.165) is 17.0 Å². The Morgan fingerprint density at radius 3 is 2.72 bits per heavy atom. The third-order valence-corrected chi connectivity index (χ3v) is 2.45. The SMILES string of the molecule is COCCNCC(=O)Nc1ccc(OC)c(C)c1. The average molecular weight is 252 g/mol. The van der Waals surface area contributed by atoms with Gasteiger partial charge in [-0.25, -0.2) is 0 Å². The van der Waals surface area contributed by atoms with Crippen LogP contribution in [0.5, 0.6) is 5.75 Å². The molecule has 0 aliphatic rings. The van der Waals surface area contributed by atoms with Crippen molar-refractivity contribution in [1.29, 1.82) is 0 Å². The summed E-state index contributed by atoms with van der Waals surface area (Å²) in [5.74, 6) is 0.738. The number of rotatable bonds is 7. The van der Waals surface area contributed by atoms with Gasteiger partial charge < -0.3 is 20.1 Å². The number of aryl methyl sites for hydroxylation is 1. The highest BCUT2D eigenvalue weighted by molar-refractivity contribution is 5.92. The van der Waals surface area contributed by atoms with Gasteiger partial charge in [0.25, 0.3) is 0 Å². The molecule has 0 saturated heterocycles. The first-order chi connectivity index (χ1) is 8.67. The fraction of sp³-hybridized carbons (Fsp3) is 0.462. The normalized spacial score (nSPS) is 10.2. The standard InChI is InChI=1S/C13H20N2O3/c1-10-8-11(4-5-12(10)18-3)15-13(16)9-14-6-7-17-2/h4-5,8,14H,6-7,9H2,1-3H3,(H,15,16). The molecule has 0 bridgehead atoms. The van der Waals surface area contributed by atoms with E-state index in [9.17, 15) is 4.79 Å². The summed E-state index contributed by atoms with van der Waals surface area (Å²) >= 11 is 0. The van der Waals surface area contributed by atoms with E-state index in [1.807, 2.05) is 25.1 Å². The Balaban J connectivity index is 2.42. The summed E-state index contributed by atoms with van der Waals surface area (Å²) in [4.78, 5) is 11.6. The van der Waals surface area contributed by atoms with E-state index >= 15 is 0 Å². The Morgan fingerprint density at radius 1 is 1.33 bits per heavy atom. The minimum Gasteiger partial charge on any atom is -0.496 e. The zero-order valence-electron chi connectivity index (χ0n) is 11.1. The molecule has 18 heavy (non-hydrogen) atoms. The Bertz CT molecular complexity index is 394. The number of nitrogens with one attached hydrogen (secondary N) is 2. The number of ether oxygens (including phenoxy) is 2. The first-order valence-electron chi connectivity index (χ1n) is 5.81. The van der Waals surface area contributed by atoms with Gasteiger partial charge in [-0.15, -0.1) is 0 Å². The summed E-state index contributed by atoms with van der Waals surface area (Å²) in [5.41, 5.74) is 1.76. The van der Waals surface area contributed by atoms with Crippen molar-refractivity contribution in [1.82, 2.24) is 5.32 Å². The van der Waals surface area contributed by atoms with Gasteiger partial charge in [0.1, 0.15) is 5.75 Å². The topological polar surface area (TPSA) is 59.6 Å². The fourth-order valence-corrected chi connectivity index (χ4v) is 1.54. The molecule has 0 atom stereocenters. The summed E-state index contributed by atoms with van der Waals surface area (Å²) in [6.45, 7) is 3.46. The molecule has 1 rings (SSSR count). The number of hydrogen-bond donors (Lipinski definition) is 2. The van der Waals surface area contributed by atoms with Gasteiger partial charge in [0.15, 0.2) is 0 Å². The quantitative estimate of drug-likeness (QED) is 0.715. The zero-order valence-corrected chi connectivity index (χ0v) is 11.1. The molecule has 5 heteroatoms. The number of amides is 1. The van der Waals surface area contributed by atoms with E-state index in [1.165, 1.54) is 0 Å². The molecule has 0 radical (unpaired) electrons. The molecule has 0 saturated carbocycles. The predicted octanol–water partition coefficient (Wildman–Crippen LogP) is 1.18. The van der Waals surface area contributed by atoms with Gasteiger partial charge in [-0.1, -0.05) is 0 Å². The molecule has 1 amide bonds. The summed E-state index contributed by atoms with van der Waals surface area (Å²) in [7, 11) is 3.25. The predicted molar refractivity (Wildman–Crippen MR) is 71.1 cm³/mol. The Hall–Kier alpha value is -1.59. The summed E-state index contributed by atoms with van der Waals surface area (Å²) in [6, 6.07) is 5.54. The zero-order chi connectivity index (χ0) is 13.4. The van der Waals surface area contributed by atoms with Crippen LogP contribution < -0.4 is 15.4 Å². The minimum atomic E-state index is -0.0735. The van der Waals surface area contributed by atoms with E-state index in [2.05, 4.69) is 10.6 Å². The second-order valence-corrected chi connectivity index (χ2v) is 3.90. The Kier molecular flexibility index (Phi) is 6.18. The highest BCUT2D eigenvalue weighted by Gasteiger charge is 2.04. The first kappa shape index (κ1) is 14.5. The fourth-order valence-electron chi connectivity index (χ4n) is 1.54. The molecule has 0 heterocycles. The maximum absolute atomic E-state index is 11.6. The maximum atomic E-state index is 11.6. The van der Waals surface area contributed by atoms with Gasteiger partial charge in [-0.3, -0.25) is 4.79 Å². The first-order valence-corrected chi connectivity index (χ1v) is 5.81. The van der Waals surface area contributed by atoms with Crippen molar-refractivity contribution in [3.63, 3.8) is 0 Å². The number of hydrogen-bond acceptors (Lipinski definition) is 4. The second-order valence-electron chi connectivity index (χ2n) is 3.90. The van der Waals surface area contributed by atoms with Gasteiger partial charge in [-0.2, -0.15) is 0 Å². The van der Waals surface area contributed by atoms with Crippen molar-refractivity contribution in [3.05, 3.63) is 23.8 Å². The molecule has 0 aromatic heterocycles. The van der Waals surface area contributed by atoms with Crippen LogP contribution in [0.2, 0.25) is 0 Å². The highest BCUT2D eigenvalue weighted by atomic mass is 16.5. The van der Waals surface area contributed by atoms with E-state index in [-0.39, 0.29) is 12.5 Å². The molecule has 5 nitrogen and oxygen atoms in total. The molecule has 0 spiro atoms. The number of carbonyl (C=O) groups is 1. The van der Waals surface area contributed by atoms with Crippen molar-refractivity contribution in [2.24, 2.45) is 0 Å². The summed E-state index contributed by atoms with van der Waals surface area (Å²) in [5, 5.41) is 5.79. The monoisotopic (exact) mass is 252 g/mol. The third kappa shape index (κ3) is 4.73. The molecular formula is C13H20N2O3. The Morgan fingerprint density at radius 2 is 2.11 bits per heavy atom. The second kappa shape index (κ2) is 7.68. The lowest BCUT2D eigenvalue weighted by molar-refractivity contribution is -0.115. The maximum Gasteiger partial charge on any atom is 0.238 e. The molecule has 0 fully saturated rings. The summed E-state index contributed by atoms with van der Waals surface area (Å²) < 4.78 is 10.0. The lowest BCUT2D eigenvalue weighted by Gasteiger charge is -2.09. The lowest BCUT2D eigenvalue weighted by Crippen LogP contribution is -2.30. The lowest BCUT2D eigenvalue weighted by atomic mass is 10.2. The van der Waals surface area contributed by atoms with Crippen LogP contribution in [0.1, 0.15) is 5.56 Å². The molecule has 0 aliphatic carbocycles. The molecule has 1 aromatic rings. The molecule has 1 aromatic carbocycles. The number of benzene rings is 1. The van der Waals surface area contributed by atoms with E-state index < -0.39 is 0 Å². The van der Waals surface area contributed by atoms with Gasteiger partial charge in [-0.05, 0) is 30.7 Å². The third-order valence-electron chi connectivity index (χ3n) is 2.45. The van der Waals surface area contributed by atoms with Crippen molar-refractivity contribution < 1.29 is 14.3 Å².